The first-order chi connectivity index (χ1) is 16.4. The molecule has 0 bridgehead atoms. The third kappa shape index (κ3) is 6.76. The van der Waals surface area contributed by atoms with E-state index in [-0.39, 0.29) is 11.0 Å². The first-order valence-corrected chi connectivity index (χ1v) is 12.4. The third-order valence-electron chi connectivity index (χ3n) is 5.67. The second kappa shape index (κ2) is 12.5. The molecule has 1 aliphatic heterocycles. The van der Waals surface area contributed by atoms with Gasteiger partial charge in [-0.2, -0.15) is 0 Å². The molecular weight excluding hydrogens is 450 g/mol. The molecule has 0 atom stereocenters. The number of carbonyl (C=O) groups is 1. The number of amides is 1. The largest absolute Gasteiger partial charge is 0.490 e. The number of rotatable bonds is 9. The summed E-state index contributed by atoms with van der Waals surface area (Å²) in [4.78, 5) is 15.3. The van der Waals surface area contributed by atoms with Crippen LogP contribution < -0.4 is 29.7 Å². The SMILES string of the molecule is CCOc1cc(C(=O)NC(=S)Nc2ccc(N3CCC(C)CC3)cc2)cc(OCC)c1OCC. The van der Waals surface area contributed by atoms with Gasteiger partial charge in [0.25, 0.3) is 5.91 Å². The number of ether oxygens (including phenoxy) is 3. The first kappa shape index (κ1) is 25.6. The van der Waals surface area contributed by atoms with E-state index < -0.39 is 0 Å². The van der Waals surface area contributed by atoms with Crippen LogP contribution in [0.25, 0.3) is 0 Å². The summed E-state index contributed by atoms with van der Waals surface area (Å²) in [6, 6.07) is 11.4. The lowest BCUT2D eigenvalue weighted by atomic mass is 9.99. The van der Waals surface area contributed by atoms with Gasteiger partial charge in [-0.15, -0.1) is 0 Å². The Kier molecular flexibility index (Phi) is 9.39. The quantitative estimate of drug-likeness (QED) is 0.470. The van der Waals surface area contributed by atoms with Crippen molar-refractivity contribution in [2.45, 2.75) is 40.5 Å². The zero-order valence-electron chi connectivity index (χ0n) is 20.5. The highest BCUT2D eigenvalue weighted by molar-refractivity contribution is 7.80. The maximum absolute atomic E-state index is 12.9. The Morgan fingerprint density at radius 3 is 2.06 bits per heavy atom. The van der Waals surface area contributed by atoms with Gasteiger partial charge in [0.05, 0.1) is 19.8 Å². The second-order valence-electron chi connectivity index (χ2n) is 8.23. The van der Waals surface area contributed by atoms with Crippen molar-refractivity contribution < 1.29 is 19.0 Å². The summed E-state index contributed by atoms with van der Waals surface area (Å²) < 4.78 is 17.1. The van der Waals surface area contributed by atoms with Crippen LogP contribution in [0.3, 0.4) is 0 Å². The van der Waals surface area contributed by atoms with Gasteiger partial charge in [0.15, 0.2) is 16.6 Å². The van der Waals surface area contributed by atoms with E-state index in [9.17, 15) is 4.79 Å². The molecule has 0 unspecified atom stereocenters. The molecule has 0 radical (unpaired) electrons. The van der Waals surface area contributed by atoms with E-state index in [1.54, 1.807) is 12.1 Å². The predicted molar refractivity (Wildman–Crippen MR) is 141 cm³/mol. The van der Waals surface area contributed by atoms with E-state index >= 15 is 0 Å². The van der Waals surface area contributed by atoms with Gasteiger partial charge in [0, 0.05) is 30.0 Å². The number of benzene rings is 2. The van der Waals surface area contributed by atoms with Gasteiger partial charge in [0.1, 0.15) is 0 Å². The fourth-order valence-electron chi connectivity index (χ4n) is 3.88. The van der Waals surface area contributed by atoms with Crippen LogP contribution in [0.15, 0.2) is 36.4 Å². The van der Waals surface area contributed by atoms with E-state index in [1.165, 1.54) is 18.5 Å². The Hall–Kier alpha value is -3.00. The van der Waals surface area contributed by atoms with Crippen molar-refractivity contribution in [3.05, 3.63) is 42.0 Å². The lowest BCUT2D eigenvalue weighted by molar-refractivity contribution is 0.0976. The summed E-state index contributed by atoms with van der Waals surface area (Å²) in [5.41, 5.74) is 2.39. The molecule has 3 rings (SSSR count). The van der Waals surface area contributed by atoms with Gasteiger partial charge in [-0.25, -0.2) is 0 Å². The van der Waals surface area contributed by atoms with Crippen molar-refractivity contribution in [3.8, 4) is 17.2 Å². The molecule has 0 aliphatic carbocycles. The fourth-order valence-corrected chi connectivity index (χ4v) is 4.09. The van der Waals surface area contributed by atoms with Crippen molar-refractivity contribution >= 4 is 34.6 Å². The van der Waals surface area contributed by atoms with Gasteiger partial charge in [0.2, 0.25) is 5.75 Å². The predicted octanol–water partition coefficient (Wildman–Crippen LogP) is 5.25. The first-order valence-electron chi connectivity index (χ1n) is 12.0. The minimum absolute atomic E-state index is 0.217. The van der Waals surface area contributed by atoms with Crippen LogP contribution in [0.2, 0.25) is 0 Å². The van der Waals surface area contributed by atoms with Crippen LogP contribution >= 0.6 is 12.2 Å². The summed E-state index contributed by atoms with van der Waals surface area (Å²) in [5.74, 6) is 1.85. The van der Waals surface area contributed by atoms with Crippen molar-refractivity contribution in [1.82, 2.24) is 5.32 Å². The highest BCUT2D eigenvalue weighted by Gasteiger charge is 2.19. The molecule has 1 heterocycles. The molecule has 7 nitrogen and oxygen atoms in total. The molecule has 1 fully saturated rings. The van der Waals surface area contributed by atoms with Crippen molar-refractivity contribution in [2.24, 2.45) is 5.92 Å². The molecule has 0 aromatic heterocycles. The molecule has 0 spiro atoms. The molecule has 0 saturated carbocycles. The number of nitrogens with one attached hydrogen (secondary N) is 2. The number of hydrogen-bond acceptors (Lipinski definition) is 6. The lowest BCUT2D eigenvalue weighted by Crippen LogP contribution is -2.34. The Morgan fingerprint density at radius 2 is 1.53 bits per heavy atom. The zero-order chi connectivity index (χ0) is 24.5. The van der Waals surface area contributed by atoms with Gasteiger partial charge in [-0.05, 0) is 88.1 Å². The monoisotopic (exact) mass is 485 g/mol. The number of anilines is 2. The summed E-state index contributed by atoms with van der Waals surface area (Å²) in [6.45, 7) is 11.4. The molecule has 2 aromatic carbocycles. The molecule has 2 aromatic rings. The van der Waals surface area contributed by atoms with Crippen LogP contribution in [-0.2, 0) is 0 Å². The van der Waals surface area contributed by atoms with Gasteiger partial charge < -0.3 is 24.4 Å². The average molecular weight is 486 g/mol. The van der Waals surface area contributed by atoms with Gasteiger partial charge in [-0.3, -0.25) is 10.1 Å². The highest BCUT2D eigenvalue weighted by atomic mass is 32.1. The highest BCUT2D eigenvalue weighted by Crippen LogP contribution is 2.39. The average Bonchev–Trinajstić information content (AvgIpc) is 2.82. The molecular formula is C26H35N3O4S. The normalized spacial score (nSPS) is 13.8. The summed E-state index contributed by atoms with van der Waals surface area (Å²) in [7, 11) is 0. The topological polar surface area (TPSA) is 72.1 Å². The maximum Gasteiger partial charge on any atom is 0.257 e. The standard InChI is InChI=1S/C26H35N3O4S/c1-5-31-22-16-19(17-23(32-6-2)24(22)33-7-3)25(30)28-26(34)27-20-8-10-21(11-9-20)29-14-12-18(4)13-15-29/h8-11,16-18H,5-7,12-15H2,1-4H3,(H2,27,28,30,34). The zero-order valence-corrected chi connectivity index (χ0v) is 21.3. The van der Waals surface area contributed by atoms with E-state index in [1.807, 2.05) is 32.9 Å². The molecule has 1 amide bonds. The summed E-state index contributed by atoms with van der Waals surface area (Å²) in [5, 5.41) is 6.04. The Labute approximate surface area is 207 Å². The van der Waals surface area contributed by atoms with Gasteiger partial charge >= 0.3 is 0 Å². The Morgan fingerprint density at radius 1 is 0.971 bits per heavy atom. The molecule has 34 heavy (non-hydrogen) atoms. The lowest BCUT2D eigenvalue weighted by Gasteiger charge is -2.32. The molecule has 184 valence electrons. The summed E-state index contributed by atoms with van der Waals surface area (Å²) in [6.07, 6.45) is 2.44. The number of piperidine rings is 1. The van der Waals surface area contributed by atoms with Crippen molar-refractivity contribution in [2.75, 3.05) is 43.1 Å². The number of nitrogens with zero attached hydrogens (tertiary/aromatic N) is 1. The Balaban J connectivity index is 1.66. The smallest absolute Gasteiger partial charge is 0.257 e. The minimum atomic E-state index is -0.360. The van der Waals surface area contributed by atoms with E-state index in [4.69, 9.17) is 26.4 Å². The van der Waals surface area contributed by atoms with Crippen LogP contribution in [0.1, 0.15) is 50.9 Å². The van der Waals surface area contributed by atoms with E-state index in [0.717, 1.165) is 24.7 Å². The summed E-state index contributed by atoms with van der Waals surface area (Å²) >= 11 is 5.38. The van der Waals surface area contributed by atoms with Crippen molar-refractivity contribution in [3.63, 3.8) is 0 Å². The van der Waals surface area contributed by atoms with Gasteiger partial charge in [-0.1, -0.05) is 6.92 Å². The number of hydrogen-bond donors (Lipinski definition) is 2. The van der Waals surface area contributed by atoms with Crippen LogP contribution in [0, 0.1) is 5.92 Å². The maximum atomic E-state index is 12.9. The van der Waals surface area contributed by atoms with Crippen molar-refractivity contribution in [1.29, 1.82) is 0 Å². The van der Waals surface area contributed by atoms with Crippen LogP contribution in [-0.4, -0.2) is 43.9 Å². The number of thiocarbonyl (C=S) groups is 1. The molecule has 1 aliphatic rings. The molecule has 2 N–H and O–H groups in total. The molecule has 8 heteroatoms. The van der Waals surface area contributed by atoms with Crippen LogP contribution in [0.5, 0.6) is 17.2 Å². The number of carbonyl (C=O) groups excluding carboxylic acids is 1. The van der Waals surface area contributed by atoms with E-state index in [2.05, 4.69) is 34.6 Å². The minimum Gasteiger partial charge on any atom is -0.490 e. The Bertz CT molecular complexity index is 946. The fraction of sp³-hybridized carbons (Fsp3) is 0.462. The van der Waals surface area contributed by atoms with Crippen LogP contribution in [0.4, 0.5) is 11.4 Å². The van der Waals surface area contributed by atoms with E-state index in [0.29, 0.717) is 42.6 Å². The molecule has 1 saturated heterocycles. The third-order valence-corrected chi connectivity index (χ3v) is 5.88. The second-order valence-corrected chi connectivity index (χ2v) is 8.63.